The molecule has 0 atom stereocenters. The van der Waals surface area contributed by atoms with E-state index in [1.165, 1.54) is 0 Å². The Hall–Kier alpha value is -2.70. The van der Waals surface area contributed by atoms with Crippen molar-refractivity contribution in [2.75, 3.05) is 7.11 Å². The van der Waals surface area contributed by atoms with Crippen molar-refractivity contribution in [1.82, 2.24) is 25.6 Å². The Bertz CT molecular complexity index is 823. The zero-order valence-corrected chi connectivity index (χ0v) is 11.8. The molecule has 108 valence electrons. The fraction of sp³-hybridized carbons (Fsp3) is 0.286. The second-order valence-corrected chi connectivity index (χ2v) is 4.71. The van der Waals surface area contributed by atoms with Crippen LogP contribution in [0.3, 0.4) is 0 Å². The summed E-state index contributed by atoms with van der Waals surface area (Å²) < 4.78 is 5.37. The molecule has 0 amide bonds. The van der Waals surface area contributed by atoms with Gasteiger partial charge in [-0.15, -0.1) is 10.2 Å². The van der Waals surface area contributed by atoms with Crippen LogP contribution in [0.4, 0.5) is 0 Å². The summed E-state index contributed by atoms with van der Waals surface area (Å²) in [6, 6.07) is 5.43. The largest absolute Gasteiger partial charge is 0.496 e. The summed E-state index contributed by atoms with van der Waals surface area (Å²) in [4.78, 5) is 14.8. The zero-order valence-electron chi connectivity index (χ0n) is 11.8. The number of aryl methyl sites for hydroxylation is 1. The summed E-state index contributed by atoms with van der Waals surface area (Å²) in [7, 11) is 1.57. The van der Waals surface area contributed by atoms with Crippen molar-refractivity contribution in [3.8, 4) is 17.1 Å². The van der Waals surface area contributed by atoms with E-state index in [2.05, 4.69) is 32.5 Å². The van der Waals surface area contributed by atoms with Crippen molar-refractivity contribution < 1.29 is 4.74 Å². The molecule has 2 heterocycles. The molecule has 0 aliphatic heterocycles. The molecule has 0 fully saturated rings. The Morgan fingerprint density at radius 1 is 1.33 bits per heavy atom. The van der Waals surface area contributed by atoms with Crippen LogP contribution in [0.25, 0.3) is 22.3 Å². The summed E-state index contributed by atoms with van der Waals surface area (Å²) in [6.07, 6.45) is 1.79. The maximum absolute atomic E-state index is 11.9. The predicted octanol–water partition coefficient (Wildman–Crippen LogP) is 1.67. The van der Waals surface area contributed by atoms with Crippen molar-refractivity contribution in [2.45, 2.75) is 19.8 Å². The first-order valence-electron chi connectivity index (χ1n) is 6.71. The van der Waals surface area contributed by atoms with Crippen LogP contribution in [0.1, 0.15) is 18.9 Å². The van der Waals surface area contributed by atoms with Gasteiger partial charge in [0.2, 0.25) is 11.4 Å². The summed E-state index contributed by atoms with van der Waals surface area (Å²) >= 11 is 0. The number of tetrazole rings is 1. The lowest BCUT2D eigenvalue weighted by atomic mass is 10.0. The Balaban J connectivity index is 2.40. The second kappa shape index (κ2) is 5.35. The van der Waals surface area contributed by atoms with Crippen molar-refractivity contribution in [3.63, 3.8) is 0 Å². The van der Waals surface area contributed by atoms with E-state index in [4.69, 9.17) is 4.74 Å². The average molecular weight is 285 g/mol. The molecule has 0 saturated heterocycles. The molecule has 0 radical (unpaired) electrons. The number of nitrogens with zero attached hydrogens (tertiary/aromatic N) is 3. The van der Waals surface area contributed by atoms with Crippen molar-refractivity contribution in [2.24, 2.45) is 0 Å². The zero-order chi connectivity index (χ0) is 14.8. The lowest BCUT2D eigenvalue weighted by molar-refractivity contribution is 0.416. The van der Waals surface area contributed by atoms with Crippen molar-refractivity contribution in [1.29, 1.82) is 0 Å². The quantitative estimate of drug-likeness (QED) is 0.760. The first-order chi connectivity index (χ1) is 10.2. The number of hydrogen-bond donors (Lipinski definition) is 2. The van der Waals surface area contributed by atoms with E-state index in [1.54, 1.807) is 13.2 Å². The van der Waals surface area contributed by atoms with Gasteiger partial charge in [0.05, 0.1) is 18.2 Å². The van der Waals surface area contributed by atoms with E-state index in [0.29, 0.717) is 22.7 Å². The highest BCUT2D eigenvalue weighted by molar-refractivity contribution is 5.96. The van der Waals surface area contributed by atoms with Crippen LogP contribution in [0.2, 0.25) is 0 Å². The summed E-state index contributed by atoms with van der Waals surface area (Å²) in [5, 5.41) is 15.0. The van der Waals surface area contributed by atoms with Gasteiger partial charge in [0.25, 0.3) is 0 Å². The van der Waals surface area contributed by atoms with Crippen LogP contribution in [0, 0.1) is 0 Å². The van der Waals surface area contributed by atoms with Gasteiger partial charge in [-0.3, -0.25) is 4.79 Å². The number of benzene rings is 1. The standard InChI is InChI=1S/C14H15N5O2/c1-3-4-8-7-11(20)15-13-9(8)5-6-10(21-2)12(13)14-16-18-19-17-14/h5-7H,3-4H2,1-2H3,(H,15,20)(H,16,17,18,19). The second-order valence-electron chi connectivity index (χ2n) is 4.71. The van der Waals surface area contributed by atoms with E-state index in [1.807, 2.05) is 12.1 Å². The first kappa shape index (κ1) is 13.3. The number of pyridine rings is 1. The number of hydrogen-bond acceptors (Lipinski definition) is 5. The van der Waals surface area contributed by atoms with Crippen LogP contribution in [0.5, 0.6) is 5.75 Å². The molecule has 0 saturated carbocycles. The van der Waals surface area contributed by atoms with E-state index < -0.39 is 0 Å². The Morgan fingerprint density at radius 3 is 2.86 bits per heavy atom. The molecule has 3 rings (SSSR count). The highest BCUT2D eigenvalue weighted by atomic mass is 16.5. The van der Waals surface area contributed by atoms with E-state index in [9.17, 15) is 4.79 Å². The van der Waals surface area contributed by atoms with Gasteiger partial charge in [0.1, 0.15) is 5.75 Å². The van der Waals surface area contributed by atoms with E-state index >= 15 is 0 Å². The number of nitrogens with one attached hydrogen (secondary N) is 2. The molecule has 0 spiro atoms. The van der Waals surface area contributed by atoms with Crippen LogP contribution < -0.4 is 10.3 Å². The molecule has 0 aliphatic rings. The van der Waals surface area contributed by atoms with Gasteiger partial charge in [-0.05, 0) is 29.3 Å². The van der Waals surface area contributed by atoms with Crippen LogP contribution in [0.15, 0.2) is 23.0 Å². The molecular formula is C14H15N5O2. The summed E-state index contributed by atoms with van der Waals surface area (Å²) in [5.74, 6) is 0.981. The van der Waals surface area contributed by atoms with Crippen molar-refractivity contribution >= 4 is 10.9 Å². The molecule has 0 unspecified atom stereocenters. The third-order valence-electron chi connectivity index (χ3n) is 3.37. The number of fused-ring (bicyclic) bond motifs is 1. The SMILES string of the molecule is CCCc1cc(=O)[nH]c2c(-c3nn[nH]n3)c(OC)ccc12. The molecule has 2 aromatic heterocycles. The number of H-pyrrole nitrogens is 2. The molecular weight excluding hydrogens is 270 g/mol. The Labute approximate surface area is 120 Å². The molecule has 0 aliphatic carbocycles. The fourth-order valence-electron chi connectivity index (χ4n) is 2.51. The minimum Gasteiger partial charge on any atom is -0.496 e. The molecule has 2 N–H and O–H groups in total. The molecule has 0 bridgehead atoms. The number of methoxy groups -OCH3 is 1. The maximum Gasteiger partial charge on any atom is 0.248 e. The third-order valence-corrected chi connectivity index (χ3v) is 3.37. The van der Waals surface area contributed by atoms with Gasteiger partial charge in [-0.25, -0.2) is 0 Å². The smallest absolute Gasteiger partial charge is 0.248 e. The van der Waals surface area contributed by atoms with Crippen LogP contribution in [-0.2, 0) is 6.42 Å². The monoisotopic (exact) mass is 285 g/mol. The van der Waals surface area contributed by atoms with Gasteiger partial charge in [-0.1, -0.05) is 13.3 Å². The first-order valence-corrected chi connectivity index (χ1v) is 6.71. The lowest BCUT2D eigenvalue weighted by Crippen LogP contribution is -2.08. The minimum atomic E-state index is -0.149. The number of aromatic nitrogens is 5. The van der Waals surface area contributed by atoms with Gasteiger partial charge < -0.3 is 9.72 Å². The Kier molecular flexibility index (Phi) is 3.39. The molecule has 7 heteroatoms. The number of aromatic amines is 2. The average Bonchev–Trinajstić information content (AvgIpc) is 3.00. The lowest BCUT2D eigenvalue weighted by Gasteiger charge is -2.11. The Morgan fingerprint density at radius 2 is 2.19 bits per heavy atom. The predicted molar refractivity (Wildman–Crippen MR) is 78.3 cm³/mol. The van der Waals surface area contributed by atoms with Gasteiger partial charge in [0, 0.05) is 11.5 Å². The summed E-state index contributed by atoms with van der Waals surface area (Å²) in [6.45, 7) is 2.08. The fourth-order valence-corrected chi connectivity index (χ4v) is 2.51. The van der Waals surface area contributed by atoms with Gasteiger partial charge in [0.15, 0.2) is 0 Å². The highest BCUT2D eigenvalue weighted by Gasteiger charge is 2.17. The highest BCUT2D eigenvalue weighted by Crippen LogP contribution is 2.34. The normalized spacial score (nSPS) is 11.0. The third kappa shape index (κ3) is 2.26. The molecule has 7 nitrogen and oxygen atoms in total. The maximum atomic E-state index is 11.9. The topological polar surface area (TPSA) is 96.6 Å². The van der Waals surface area contributed by atoms with E-state index in [-0.39, 0.29) is 5.56 Å². The number of rotatable bonds is 4. The van der Waals surface area contributed by atoms with Gasteiger partial charge >= 0.3 is 0 Å². The van der Waals surface area contributed by atoms with Crippen molar-refractivity contribution in [3.05, 3.63) is 34.1 Å². The molecule has 21 heavy (non-hydrogen) atoms. The summed E-state index contributed by atoms with van der Waals surface area (Å²) in [5.41, 5.74) is 2.16. The van der Waals surface area contributed by atoms with E-state index in [0.717, 1.165) is 23.8 Å². The van der Waals surface area contributed by atoms with Crippen LogP contribution >= 0.6 is 0 Å². The molecule has 3 aromatic rings. The van der Waals surface area contributed by atoms with Crippen LogP contribution in [-0.4, -0.2) is 32.7 Å². The van der Waals surface area contributed by atoms with Gasteiger partial charge in [-0.2, -0.15) is 5.21 Å². The molecule has 1 aromatic carbocycles. The minimum absolute atomic E-state index is 0.149. The number of ether oxygens (including phenoxy) is 1.